The summed E-state index contributed by atoms with van der Waals surface area (Å²) < 4.78 is 0. The van der Waals surface area contributed by atoms with Gasteiger partial charge in [-0.1, -0.05) is 54.6 Å². The van der Waals surface area contributed by atoms with Crippen molar-refractivity contribution in [2.24, 2.45) is 0 Å². The highest BCUT2D eigenvalue weighted by atomic mass is 16.3. The lowest BCUT2D eigenvalue weighted by molar-refractivity contribution is 0.0976. The maximum atomic E-state index is 12.9. The summed E-state index contributed by atoms with van der Waals surface area (Å²) in [6, 6.07) is 15.9. The maximum absolute atomic E-state index is 12.9. The SMILES string of the molecule is Nc1c(C(=O)c2ccccc2)cc(O)c2c1C(=O)c1ccccc1C2=O. The Hall–Kier alpha value is -3.73. The molecule has 3 N–H and O–H groups in total. The molecule has 0 bridgehead atoms. The predicted molar refractivity (Wildman–Crippen MR) is 95.7 cm³/mol. The standard InChI is InChI=1S/C21H13NO4/c22-18-14(19(24)11-6-2-1-3-7-11)10-15(23)16-17(18)21(26)13-9-5-4-8-12(13)20(16)25/h1-10,23H,22H2. The molecule has 0 saturated heterocycles. The minimum atomic E-state index is -0.488. The molecule has 0 unspecified atom stereocenters. The van der Waals surface area contributed by atoms with Crippen molar-refractivity contribution in [3.63, 3.8) is 0 Å². The van der Waals surface area contributed by atoms with Crippen LogP contribution in [0.15, 0.2) is 60.7 Å². The van der Waals surface area contributed by atoms with Gasteiger partial charge in [0.25, 0.3) is 0 Å². The Morgan fingerprint density at radius 3 is 1.96 bits per heavy atom. The van der Waals surface area contributed by atoms with Crippen LogP contribution in [0.5, 0.6) is 5.75 Å². The van der Waals surface area contributed by atoms with Crippen molar-refractivity contribution in [3.8, 4) is 5.75 Å². The number of hydrogen-bond acceptors (Lipinski definition) is 5. The van der Waals surface area contributed by atoms with Crippen molar-refractivity contribution < 1.29 is 19.5 Å². The van der Waals surface area contributed by atoms with Crippen molar-refractivity contribution in [3.05, 3.63) is 94.0 Å². The van der Waals surface area contributed by atoms with Gasteiger partial charge >= 0.3 is 0 Å². The number of anilines is 1. The molecule has 126 valence electrons. The van der Waals surface area contributed by atoms with Gasteiger partial charge in [0.1, 0.15) is 5.75 Å². The Morgan fingerprint density at radius 1 is 0.808 bits per heavy atom. The molecule has 0 fully saturated rings. The second-order valence-electron chi connectivity index (χ2n) is 6.01. The van der Waals surface area contributed by atoms with Crippen molar-refractivity contribution in [2.75, 3.05) is 5.73 Å². The van der Waals surface area contributed by atoms with Crippen LogP contribution < -0.4 is 5.73 Å². The first-order chi connectivity index (χ1) is 12.5. The highest BCUT2D eigenvalue weighted by Gasteiger charge is 2.35. The predicted octanol–water partition coefficient (Wildman–Crippen LogP) is 2.98. The molecule has 26 heavy (non-hydrogen) atoms. The average Bonchev–Trinajstić information content (AvgIpc) is 2.67. The van der Waals surface area contributed by atoms with Crippen LogP contribution in [0.2, 0.25) is 0 Å². The van der Waals surface area contributed by atoms with Crippen LogP contribution in [0, 0.1) is 0 Å². The molecule has 0 atom stereocenters. The first kappa shape index (κ1) is 15.8. The molecule has 0 amide bonds. The fraction of sp³-hybridized carbons (Fsp3) is 0. The van der Waals surface area contributed by atoms with E-state index in [2.05, 4.69) is 0 Å². The third-order valence-corrected chi connectivity index (χ3v) is 4.50. The summed E-state index contributed by atoms with van der Waals surface area (Å²) in [5, 5.41) is 10.4. The second kappa shape index (κ2) is 5.67. The molecule has 5 nitrogen and oxygen atoms in total. The second-order valence-corrected chi connectivity index (χ2v) is 6.01. The van der Waals surface area contributed by atoms with Crippen LogP contribution >= 0.6 is 0 Å². The first-order valence-electron chi connectivity index (χ1n) is 7.94. The molecule has 4 rings (SSSR count). The molecule has 0 saturated carbocycles. The summed E-state index contributed by atoms with van der Waals surface area (Å²) in [5.41, 5.74) is 6.53. The van der Waals surface area contributed by atoms with E-state index < -0.39 is 23.1 Å². The normalized spacial score (nSPS) is 12.5. The van der Waals surface area contributed by atoms with E-state index in [1.807, 2.05) is 0 Å². The van der Waals surface area contributed by atoms with Crippen LogP contribution in [0.4, 0.5) is 5.69 Å². The molecular weight excluding hydrogens is 330 g/mol. The average molecular weight is 343 g/mol. The van der Waals surface area contributed by atoms with Crippen molar-refractivity contribution in [1.29, 1.82) is 0 Å². The summed E-state index contributed by atoms with van der Waals surface area (Å²) >= 11 is 0. The number of fused-ring (bicyclic) bond motifs is 2. The summed E-state index contributed by atoms with van der Waals surface area (Å²) in [6.07, 6.45) is 0. The van der Waals surface area contributed by atoms with Gasteiger partial charge in [-0.2, -0.15) is 0 Å². The van der Waals surface area contributed by atoms with E-state index in [1.165, 1.54) is 12.1 Å². The van der Waals surface area contributed by atoms with Gasteiger partial charge in [-0.05, 0) is 6.07 Å². The van der Waals surface area contributed by atoms with Gasteiger partial charge in [0.2, 0.25) is 0 Å². The number of carbonyl (C=O) groups excluding carboxylic acids is 3. The molecule has 1 aliphatic carbocycles. The molecular formula is C21H13NO4. The minimum Gasteiger partial charge on any atom is -0.507 e. The zero-order valence-electron chi connectivity index (χ0n) is 13.5. The lowest BCUT2D eigenvalue weighted by Gasteiger charge is -2.21. The smallest absolute Gasteiger partial charge is 0.198 e. The summed E-state index contributed by atoms with van der Waals surface area (Å²) in [6.45, 7) is 0. The van der Waals surface area contributed by atoms with Crippen molar-refractivity contribution in [2.45, 2.75) is 0 Å². The number of phenolic OH excluding ortho intramolecular Hbond substituents is 1. The monoisotopic (exact) mass is 343 g/mol. The highest BCUT2D eigenvalue weighted by Crippen LogP contribution is 2.38. The van der Waals surface area contributed by atoms with Crippen molar-refractivity contribution in [1.82, 2.24) is 0 Å². The number of ketones is 3. The Bertz CT molecular complexity index is 1100. The third kappa shape index (κ3) is 2.14. The Morgan fingerprint density at radius 2 is 1.35 bits per heavy atom. The topological polar surface area (TPSA) is 97.5 Å². The number of nitrogen functional groups attached to an aromatic ring is 1. The first-order valence-corrected chi connectivity index (χ1v) is 7.94. The van der Waals surface area contributed by atoms with Gasteiger partial charge in [-0.3, -0.25) is 14.4 Å². The molecule has 0 spiro atoms. The lowest BCUT2D eigenvalue weighted by atomic mass is 9.81. The highest BCUT2D eigenvalue weighted by molar-refractivity contribution is 6.32. The number of rotatable bonds is 2. The molecule has 0 radical (unpaired) electrons. The van der Waals surface area contributed by atoms with Gasteiger partial charge < -0.3 is 10.8 Å². The van der Waals surface area contributed by atoms with Gasteiger partial charge in [0, 0.05) is 22.3 Å². The number of nitrogens with two attached hydrogens (primary N) is 1. The van der Waals surface area contributed by atoms with E-state index in [1.54, 1.807) is 42.5 Å². The molecule has 3 aromatic carbocycles. The molecule has 0 aliphatic heterocycles. The number of benzene rings is 3. The van der Waals surface area contributed by atoms with E-state index >= 15 is 0 Å². The Labute approximate surface area is 148 Å². The van der Waals surface area contributed by atoms with E-state index in [-0.39, 0.29) is 33.5 Å². The number of hydrogen-bond donors (Lipinski definition) is 2. The largest absolute Gasteiger partial charge is 0.507 e. The summed E-state index contributed by atoms with van der Waals surface area (Å²) in [5.74, 6) is -1.83. The Balaban J connectivity index is 1.96. The third-order valence-electron chi connectivity index (χ3n) is 4.50. The van der Waals surface area contributed by atoms with Gasteiger partial charge in [0.15, 0.2) is 17.3 Å². The number of phenols is 1. The fourth-order valence-corrected chi connectivity index (χ4v) is 3.23. The van der Waals surface area contributed by atoms with Crippen LogP contribution in [0.1, 0.15) is 47.8 Å². The van der Waals surface area contributed by atoms with E-state index in [9.17, 15) is 19.5 Å². The van der Waals surface area contributed by atoms with Crippen LogP contribution in [0.25, 0.3) is 0 Å². The van der Waals surface area contributed by atoms with Crippen LogP contribution in [-0.4, -0.2) is 22.5 Å². The van der Waals surface area contributed by atoms with Crippen LogP contribution in [-0.2, 0) is 0 Å². The fourth-order valence-electron chi connectivity index (χ4n) is 3.23. The molecule has 3 aromatic rings. The molecule has 0 heterocycles. The Kier molecular flexibility index (Phi) is 3.44. The zero-order chi connectivity index (χ0) is 18.4. The molecule has 0 aromatic heterocycles. The molecule has 1 aliphatic rings. The van der Waals surface area contributed by atoms with Gasteiger partial charge in [0.05, 0.1) is 16.8 Å². The number of aromatic hydroxyl groups is 1. The minimum absolute atomic E-state index is 0.00650. The quantitative estimate of drug-likeness (QED) is 0.331. The van der Waals surface area contributed by atoms with Crippen molar-refractivity contribution >= 4 is 23.0 Å². The maximum Gasteiger partial charge on any atom is 0.198 e. The summed E-state index contributed by atoms with van der Waals surface area (Å²) in [7, 11) is 0. The number of carbonyl (C=O) groups is 3. The van der Waals surface area contributed by atoms with E-state index in [0.29, 0.717) is 5.56 Å². The zero-order valence-corrected chi connectivity index (χ0v) is 13.5. The van der Waals surface area contributed by atoms with Gasteiger partial charge in [-0.15, -0.1) is 0 Å². The molecule has 5 heteroatoms. The van der Waals surface area contributed by atoms with Gasteiger partial charge in [-0.25, -0.2) is 0 Å². The summed E-state index contributed by atoms with van der Waals surface area (Å²) in [4.78, 5) is 38.4. The lowest BCUT2D eigenvalue weighted by Crippen LogP contribution is -2.24. The van der Waals surface area contributed by atoms with E-state index in [0.717, 1.165) is 6.07 Å². The van der Waals surface area contributed by atoms with Crippen LogP contribution in [0.3, 0.4) is 0 Å². The van der Waals surface area contributed by atoms with E-state index in [4.69, 9.17) is 5.73 Å².